The normalized spacial score (nSPS) is 11.0. The van der Waals surface area contributed by atoms with Crippen LogP contribution < -0.4 is 14.8 Å². The van der Waals surface area contributed by atoms with Crippen LogP contribution >= 0.6 is 11.3 Å². The molecular weight excluding hydrogens is 324 g/mol. The maximum atomic E-state index is 12.4. The summed E-state index contributed by atoms with van der Waals surface area (Å²) in [4.78, 5) is 12.0. The molecule has 1 aromatic carbocycles. The number of ether oxygens (including phenoxy) is 1. The standard InChI is InChI=1S/C14H16N2O4S2/c1-9-4-7-14(21-9)22(18,19)16-12-8-11(15-10(2)17)5-6-13(12)20-3/h4-8,16H,1-3H3,(H,15,17). The third kappa shape index (κ3) is 3.77. The molecule has 0 saturated carbocycles. The van der Waals surface area contributed by atoms with Crippen molar-refractivity contribution in [1.82, 2.24) is 0 Å². The lowest BCUT2D eigenvalue weighted by Crippen LogP contribution is -2.13. The smallest absolute Gasteiger partial charge is 0.271 e. The number of benzene rings is 1. The molecule has 0 atom stereocenters. The van der Waals surface area contributed by atoms with E-state index in [1.54, 1.807) is 24.3 Å². The summed E-state index contributed by atoms with van der Waals surface area (Å²) in [5.41, 5.74) is 0.744. The number of hydrogen-bond acceptors (Lipinski definition) is 5. The number of thiophene rings is 1. The molecule has 0 radical (unpaired) electrons. The largest absolute Gasteiger partial charge is 0.495 e. The number of anilines is 2. The summed E-state index contributed by atoms with van der Waals surface area (Å²) < 4.78 is 32.6. The Morgan fingerprint density at radius 2 is 1.95 bits per heavy atom. The van der Waals surface area contributed by atoms with Crippen LogP contribution in [0.1, 0.15) is 11.8 Å². The number of nitrogens with one attached hydrogen (secondary N) is 2. The van der Waals surface area contributed by atoms with E-state index < -0.39 is 10.0 Å². The first kappa shape index (κ1) is 16.3. The molecule has 0 bridgehead atoms. The molecule has 0 aliphatic rings. The Kier molecular flexibility index (Phi) is 4.72. The minimum atomic E-state index is -3.69. The van der Waals surface area contributed by atoms with E-state index >= 15 is 0 Å². The van der Waals surface area contributed by atoms with Crippen LogP contribution in [0.2, 0.25) is 0 Å². The summed E-state index contributed by atoms with van der Waals surface area (Å²) in [6.07, 6.45) is 0. The van der Waals surface area contributed by atoms with Gasteiger partial charge in [0.25, 0.3) is 10.0 Å². The topological polar surface area (TPSA) is 84.5 Å². The van der Waals surface area contributed by atoms with E-state index in [1.807, 2.05) is 6.92 Å². The van der Waals surface area contributed by atoms with Crippen molar-refractivity contribution in [2.75, 3.05) is 17.1 Å². The molecule has 0 unspecified atom stereocenters. The van der Waals surface area contributed by atoms with Gasteiger partial charge in [0.2, 0.25) is 5.91 Å². The Bertz CT molecular complexity index is 797. The Hall–Kier alpha value is -2.06. The number of rotatable bonds is 5. The molecule has 1 heterocycles. The Labute approximate surface area is 133 Å². The molecule has 0 spiro atoms. The number of amides is 1. The third-order valence-corrected chi connectivity index (χ3v) is 5.60. The van der Waals surface area contributed by atoms with Gasteiger partial charge in [0, 0.05) is 17.5 Å². The van der Waals surface area contributed by atoms with Crippen LogP contribution in [-0.4, -0.2) is 21.4 Å². The molecule has 2 aromatic rings. The van der Waals surface area contributed by atoms with Crippen LogP contribution in [0.15, 0.2) is 34.5 Å². The summed E-state index contributed by atoms with van der Waals surface area (Å²) in [6, 6.07) is 8.02. The van der Waals surface area contributed by atoms with Crippen molar-refractivity contribution in [2.24, 2.45) is 0 Å². The van der Waals surface area contributed by atoms with Crippen LogP contribution in [0.4, 0.5) is 11.4 Å². The highest BCUT2D eigenvalue weighted by atomic mass is 32.2. The van der Waals surface area contributed by atoms with Gasteiger partial charge in [-0.25, -0.2) is 8.42 Å². The van der Waals surface area contributed by atoms with E-state index in [4.69, 9.17) is 4.74 Å². The minimum absolute atomic E-state index is 0.219. The summed E-state index contributed by atoms with van der Waals surface area (Å²) in [6.45, 7) is 3.21. The van der Waals surface area contributed by atoms with Crippen molar-refractivity contribution in [2.45, 2.75) is 18.1 Å². The number of sulfonamides is 1. The first-order valence-electron chi connectivity index (χ1n) is 6.37. The molecule has 2 N–H and O–H groups in total. The van der Waals surface area contributed by atoms with Gasteiger partial charge in [-0.2, -0.15) is 0 Å². The molecule has 1 aromatic heterocycles. The van der Waals surface area contributed by atoms with Gasteiger partial charge in [0.05, 0.1) is 12.8 Å². The van der Waals surface area contributed by atoms with Gasteiger partial charge in [0.1, 0.15) is 9.96 Å². The van der Waals surface area contributed by atoms with Gasteiger partial charge in [-0.1, -0.05) is 0 Å². The summed E-state index contributed by atoms with van der Waals surface area (Å²) in [5.74, 6) is 0.124. The predicted molar refractivity (Wildman–Crippen MR) is 87.2 cm³/mol. The van der Waals surface area contributed by atoms with Crippen molar-refractivity contribution in [3.8, 4) is 5.75 Å². The Balaban J connectivity index is 2.36. The molecular formula is C14H16N2O4S2. The lowest BCUT2D eigenvalue weighted by atomic mass is 10.2. The van der Waals surface area contributed by atoms with E-state index in [0.29, 0.717) is 11.4 Å². The number of carbonyl (C=O) groups is 1. The Morgan fingerprint density at radius 3 is 2.50 bits per heavy atom. The fourth-order valence-electron chi connectivity index (χ4n) is 1.82. The van der Waals surface area contributed by atoms with Crippen LogP contribution in [0.25, 0.3) is 0 Å². The quantitative estimate of drug-likeness (QED) is 0.876. The molecule has 118 valence electrons. The van der Waals surface area contributed by atoms with Crippen molar-refractivity contribution in [3.05, 3.63) is 35.2 Å². The van der Waals surface area contributed by atoms with E-state index in [9.17, 15) is 13.2 Å². The van der Waals surface area contributed by atoms with Crippen LogP contribution in [-0.2, 0) is 14.8 Å². The van der Waals surface area contributed by atoms with Crippen LogP contribution in [0, 0.1) is 6.92 Å². The lowest BCUT2D eigenvalue weighted by molar-refractivity contribution is -0.114. The second-order valence-corrected chi connectivity index (χ2v) is 7.76. The number of aryl methyl sites for hydroxylation is 1. The van der Waals surface area contributed by atoms with Crippen molar-refractivity contribution < 1.29 is 17.9 Å². The second kappa shape index (κ2) is 6.37. The van der Waals surface area contributed by atoms with Crippen LogP contribution in [0.5, 0.6) is 5.75 Å². The van der Waals surface area contributed by atoms with Gasteiger partial charge in [0.15, 0.2) is 0 Å². The van der Waals surface area contributed by atoms with Gasteiger partial charge in [-0.05, 0) is 37.3 Å². The van der Waals surface area contributed by atoms with E-state index in [-0.39, 0.29) is 15.8 Å². The minimum Gasteiger partial charge on any atom is -0.495 e. The highest BCUT2D eigenvalue weighted by Crippen LogP contribution is 2.31. The maximum absolute atomic E-state index is 12.4. The molecule has 8 heteroatoms. The summed E-state index contributed by atoms with van der Waals surface area (Å²) in [5, 5.41) is 2.60. The molecule has 2 rings (SSSR count). The van der Waals surface area contributed by atoms with Gasteiger partial charge in [-0.15, -0.1) is 11.3 Å². The first-order chi connectivity index (χ1) is 10.3. The second-order valence-electron chi connectivity index (χ2n) is 4.57. The number of carbonyl (C=O) groups excluding carboxylic acids is 1. The molecule has 6 nitrogen and oxygen atoms in total. The first-order valence-corrected chi connectivity index (χ1v) is 8.66. The zero-order valence-electron chi connectivity index (χ0n) is 12.3. The van der Waals surface area contributed by atoms with Gasteiger partial charge in [-0.3, -0.25) is 9.52 Å². The van der Waals surface area contributed by atoms with E-state index in [1.165, 1.54) is 31.4 Å². The monoisotopic (exact) mass is 340 g/mol. The highest BCUT2D eigenvalue weighted by molar-refractivity contribution is 7.94. The summed E-state index contributed by atoms with van der Waals surface area (Å²) in [7, 11) is -2.25. The predicted octanol–water partition coefficient (Wildman–Crippen LogP) is 2.82. The third-order valence-electron chi connectivity index (χ3n) is 2.74. The fourth-order valence-corrected chi connectivity index (χ4v) is 4.16. The molecule has 0 aliphatic carbocycles. The molecule has 22 heavy (non-hydrogen) atoms. The lowest BCUT2D eigenvalue weighted by Gasteiger charge is -2.13. The zero-order valence-corrected chi connectivity index (χ0v) is 14.0. The molecule has 0 fully saturated rings. The van der Waals surface area contributed by atoms with E-state index in [2.05, 4.69) is 10.0 Å². The number of hydrogen-bond donors (Lipinski definition) is 2. The average molecular weight is 340 g/mol. The van der Waals surface area contributed by atoms with Crippen molar-refractivity contribution in [3.63, 3.8) is 0 Å². The highest BCUT2D eigenvalue weighted by Gasteiger charge is 2.18. The maximum Gasteiger partial charge on any atom is 0.271 e. The van der Waals surface area contributed by atoms with Crippen molar-refractivity contribution in [1.29, 1.82) is 0 Å². The van der Waals surface area contributed by atoms with Crippen LogP contribution in [0.3, 0.4) is 0 Å². The molecule has 0 aliphatic heterocycles. The summed E-state index contributed by atoms with van der Waals surface area (Å²) >= 11 is 1.18. The van der Waals surface area contributed by atoms with Gasteiger partial charge < -0.3 is 10.1 Å². The van der Waals surface area contributed by atoms with E-state index in [0.717, 1.165) is 4.88 Å². The number of methoxy groups -OCH3 is 1. The average Bonchev–Trinajstić information content (AvgIpc) is 2.85. The zero-order chi connectivity index (χ0) is 16.3. The van der Waals surface area contributed by atoms with Gasteiger partial charge >= 0.3 is 0 Å². The molecule has 1 amide bonds. The fraction of sp³-hybridized carbons (Fsp3) is 0.214. The molecule has 0 saturated heterocycles. The SMILES string of the molecule is COc1ccc(NC(C)=O)cc1NS(=O)(=O)c1ccc(C)s1. The Morgan fingerprint density at radius 1 is 1.23 bits per heavy atom. The van der Waals surface area contributed by atoms with Crippen molar-refractivity contribution >= 4 is 38.6 Å².